The number of benzene rings is 1. The number of carbonyl (C=O) groups excluding carboxylic acids is 2. The molecule has 0 saturated heterocycles. The maximum Gasteiger partial charge on any atom is 0.311 e. The smallest absolute Gasteiger partial charge is 0.311 e. The minimum absolute atomic E-state index is 0.111. The fourth-order valence-electron chi connectivity index (χ4n) is 1.90. The summed E-state index contributed by atoms with van der Waals surface area (Å²) in [6.07, 6.45) is 0.957. The highest BCUT2D eigenvalue weighted by Crippen LogP contribution is 2.08. The fourth-order valence-corrected chi connectivity index (χ4v) is 1.90. The number of hydrogen-bond donors (Lipinski definition) is 0. The number of aryl methyl sites for hydroxylation is 1. The number of esters is 1. The first kappa shape index (κ1) is 14.9. The Labute approximate surface area is 123 Å². The molecule has 2 rings (SSSR count). The summed E-state index contributed by atoms with van der Waals surface area (Å²) < 4.78 is 5.18. The van der Waals surface area contributed by atoms with Gasteiger partial charge in [0.25, 0.3) is 0 Å². The van der Waals surface area contributed by atoms with Gasteiger partial charge in [0.05, 0.1) is 6.42 Å². The van der Waals surface area contributed by atoms with Crippen LogP contribution in [0.25, 0.3) is 0 Å². The maximum absolute atomic E-state index is 12.1. The molecule has 1 atom stereocenters. The van der Waals surface area contributed by atoms with E-state index < -0.39 is 12.1 Å². The topological polar surface area (TPSA) is 56.3 Å². The highest BCUT2D eigenvalue weighted by Gasteiger charge is 2.19. The number of ether oxygens (including phenoxy) is 1. The molecule has 0 N–H and O–H groups in total. The average molecular weight is 283 g/mol. The molecular weight excluding hydrogens is 266 g/mol. The minimum atomic E-state index is -0.793. The highest BCUT2D eigenvalue weighted by atomic mass is 16.5. The molecule has 1 aromatic heterocycles. The van der Waals surface area contributed by atoms with Gasteiger partial charge in [0.15, 0.2) is 6.10 Å². The highest BCUT2D eigenvalue weighted by molar-refractivity contribution is 6.00. The van der Waals surface area contributed by atoms with Gasteiger partial charge in [-0.05, 0) is 25.5 Å². The van der Waals surface area contributed by atoms with Crippen molar-refractivity contribution < 1.29 is 14.3 Å². The summed E-state index contributed by atoms with van der Waals surface area (Å²) in [4.78, 5) is 28.0. The second-order valence-electron chi connectivity index (χ2n) is 4.85. The van der Waals surface area contributed by atoms with E-state index in [0.29, 0.717) is 5.56 Å². The number of nitrogens with zero attached hydrogens (tertiary/aromatic N) is 1. The molecule has 1 aromatic carbocycles. The Hall–Kier alpha value is -2.49. The number of aromatic nitrogens is 1. The third-order valence-corrected chi connectivity index (χ3v) is 3.06. The molecule has 0 aliphatic rings. The zero-order valence-corrected chi connectivity index (χ0v) is 12.1. The molecule has 0 amide bonds. The predicted molar refractivity (Wildman–Crippen MR) is 79.0 cm³/mol. The van der Waals surface area contributed by atoms with Crippen molar-refractivity contribution in [3.8, 4) is 0 Å². The fraction of sp³-hybridized carbons (Fsp3) is 0.235. The van der Waals surface area contributed by atoms with Crippen molar-refractivity contribution in [2.75, 3.05) is 0 Å². The number of Topliss-reactive ketones (excluding diaryl/α,β-unsaturated/α-hetero) is 1. The van der Waals surface area contributed by atoms with Crippen LogP contribution in [0.3, 0.4) is 0 Å². The molecule has 2 aromatic rings. The Balaban J connectivity index is 1.93. The van der Waals surface area contributed by atoms with Gasteiger partial charge in [-0.1, -0.05) is 36.4 Å². The summed E-state index contributed by atoms with van der Waals surface area (Å²) in [5.74, 6) is -0.636. The molecule has 108 valence electrons. The monoisotopic (exact) mass is 283 g/mol. The Morgan fingerprint density at radius 2 is 1.86 bits per heavy atom. The molecule has 1 heterocycles. The van der Waals surface area contributed by atoms with E-state index in [1.54, 1.807) is 37.4 Å². The second-order valence-corrected chi connectivity index (χ2v) is 4.85. The number of ketones is 1. The van der Waals surface area contributed by atoms with Crippen molar-refractivity contribution in [3.63, 3.8) is 0 Å². The van der Waals surface area contributed by atoms with Gasteiger partial charge < -0.3 is 4.74 Å². The zero-order chi connectivity index (χ0) is 15.2. The van der Waals surface area contributed by atoms with Crippen molar-refractivity contribution in [1.82, 2.24) is 4.98 Å². The van der Waals surface area contributed by atoms with E-state index in [4.69, 9.17) is 4.74 Å². The van der Waals surface area contributed by atoms with Crippen LogP contribution >= 0.6 is 0 Å². The molecular formula is C17H17NO3. The van der Waals surface area contributed by atoms with Gasteiger partial charge in [-0.15, -0.1) is 0 Å². The molecule has 21 heavy (non-hydrogen) atoms. The first-order chi connectivity index (χ1) is 10.1. The summed E-state index contributed by atoms with van der Waals surface area (Å²) in [6.45, 7) is 3.46. The van der Waals surface area contributed by atoms with E-state index in [9.17, 15) is 9.59 Å². The van der Waals surface area contributed by atoms with Crippen LogP contribution in [0.1, 0.15) is 28.5 Å². The molecule has 4 heteroatoms. The first-order valence-electron chi connectivity index (χ1n) is 6.76. The summed E-state index contributed by atoms with van der Waals surface area (Å²) in [6, 6.07) is 12.5. The number of pyridine rings is 1. The number of hydrogen-bond acceptors (Lipinski definition) is 4. The molecule has 0 fully saturated rings. The molecule has 0 aliphatic carbocycles. The number of rotatable bonds is 5. The van der Waals surface area contributed by atoms with Crippen LogP contribution in [0.4, 0.5) is 0 Å². The third kappa shape index (κ3) is 4.24. The van der Waals surface area contributed by atoms with Crippen LogP contribution in [0.15, 0.2) is 48.7 Å². The Bertz CT molecular complexity index is 620. The average Bonchev–Trinajstić information content (AvgIpc) is 2.49. The van der Waals surface area contributed by atoms with Crippen molar-refractivity contribution >= 4 is 11.8 Å². The molecule has 0 bridgehead atoms. The van der Waals surface area contributed by atoms with E-state index in [-0.39, 0.29) is 12.2 Å². The van der Waals surface area contributed by atoms with E-state index in [1.165, 1.54) is 0 Å². The molecule has 1 unspecified atom stereocenters. The van der Waals surface area contributed by atoms with Gasteiger partial charge >= 0.3 is 5.97 Å². The first-order valence-corrected chi connectivity index (χ1v) is 6.76. The van der Waals surface area contributed by atoms with Crippen molar-refractivity contribution in [3.05, 3.63) is 65.5 Å². The lowest BCUT2D eigenvalue weighted by Gasteiger charge is -2.12. The van der Waals surface area contributed by atoms with Gasteiger partial charge in [0.1, 0.15) is 0 Å². The van der Waals surface area contributed by atoms with E-state index in [0.717, 1.165) is 11.3 Å². The largest absolute Gasteiger partial charge is 0.454 e. The van der Waals surface area contributed by atoms with E-state index in [2.05, 4.69) is 4.98 Å². The Morgan fingerprint density at radius 1 is 1.14 bits per heavy atom. The lowest BCUT2D eigenvalue weighted by Crippen LogP contribution is -2.25. The van der Waals surface area contributed by atoms with Crippen LogP contribution in [-0.4, -0.2) is 22.8 Å². The van der Waals surface area contributed by atoms with Gasteiger partial charge in [-0.3, -0.25) is 14.6 Å². The van der Waals surface area contributed by atoms with Gasteiger partial charge in [0.2, 0.25) is 5.78 Å². The lowest BCUT2D eigenvalue weighted by atomic mass is 10.1. The summed E-state index contributed by atoms with van der Waals surface area (Å²) in [5, 5.41) is 0. The van der Waals surface area contributed by atoms with Crippen LogP contribution in [-0.2, 0) is 16.0 Å². The standard InChI is InChI=1S/C17H17NO3/c1-12-8-9-14(11-18-12)10-16(19)21-13(2)17(20)15-6-4-3-5-7-15/h3-9,11,13H,10H2,1-2H3. The molecule has 4 nitrogen and oxygen atoms in total. The number of carbonyl (C=O) groups is 2. The molecule has 0 radical (unpaired) electrons. The maximum atomic E-state index is 12.1. The van der Waals surface area contributed by atoms with Crippen molar-refractivity contribution in [2.24, 2.45) is 0 Å². The summed E-state index contributed by atoms with van der Waals surface area (Å²) in [7, 11) is 0. The van der Waals surface area contributed by atoms with Crippen LogP contribution in [0.5, 0.6) is 0 Å². The quantitative estimate of drug-likeness (QED) is 0.625. The second kappa shape index (κ2) is 6.79. The van der Waals surface area contributed by atoms with Crippen LogP contribution < -0.4 is 0 Å². The van der Waals surface area contributed by atoms with E-state index in [1.807, 2.05) is 25.1 Å². The van der Waals surface area contributed by atoms with Crippen molar-refractivity contribution in [1.29, 1.82) is 0 Å². The Kier molecular flexibility index (Phi) is 4.82. The van der Waals surface area contributed by atoms with Gasteiger partial charge in [-0.25, -0.2) is 0 Å². The summed E-state index contributed by atoms with van der Waals surface area (Å²) in [5.41, 5.74) is 2.19. The predicted octanol–water partition coefficient (Wildman–Crippen LogP) is 2.75. The third-order valence-electron chi connectivity index (χ3n) is 3.06. The lowest BCUT2D eigenvalue weighted by molar-refractivity contribution is -0.145. The molecule has 0 aliphatic heterocycles. The van der Waals surface area contributed by atoms with Gasteiger partial charge in [0, 0.05) is 17.5 Å². The van der Waals surface area contributed by atoms with Crippen molar-refractivity contribution in [2.45, 2.75) is 26.4 Å². The van der Waals surface area contributed by atoms with Crippen LogP contribution in [0.2, 0.25) is 0 Å². The zero-order valence-electron chi connectivity index (χ0n) is 12.1. The SMILES string of the molecule is Cc1ccc(CC(=O)OC(C)C(=O)c2ccccc2)cn1. The summed E-state index contributed by atoms with van der Waals surface area (Å²) >= 11 is 0. The molecule has 0 spiro atoms. The minimum Gasteiger partial charge on any atom is -0.454 e. The normalized spacial score (nSPS) is 11.7. The van der Waals surface area contributed by atoms with Crippen LogP contribution in [0, 0.1) is 6.92 Å². The van der Waals surface area contributed by atoms with E-state index >= 15 is 0 Å². The molecule has 0 saturated carbocycles. The Morgan fingerprint density at radius 3 is 2.48 bits per heavy atom. The van der Waals surface area contributed by atoms with Gasteiger partial charge in [-0.2, -0.15) is 0 Å².